The second kappa shape index (κ2) is 5.58. The van der Waals surface area contributed by atoms with Gasteiger partial charge in [0, 0.05) is 30.1 Å². The number of nitrogens with one attached hydrogen (secondary N) is 2. The van der Waals surface area contributed by atoms with Gasteiger partial charge in [-0.3, -0.25) is 19.4 Å². The Hall–Kier alpha value is -2.90. The lowest BCUT2D eigenvalue weighted by atomic mass is 9.76. The highest BCUT2D eigenvalue weighted by Gasteiger charge is 2.44. The molecule has 1 spiro atoms. The zero-order valence-corrected chi connectivity index (χ0v) is 13.7. The van der Waals surface area contributed by atoms with Gasteiger partial charge in [-0.15, -0.1) is 0 Å². The number of pyridine rings is 1. The largest absolute Gasteiger partial charge is 0.369 e. The van der Waals surface area contributed by atoms with E-state index in [1.807, 2.05) is 0 Å². The topological polar surface area (TPSA) is 125 Å². The Bertz CT molecular complexity index is 953. The van der Waals surface area contributed by atoms with Gasteiger partial charge in [-0.05, 0) is 31.7 Å². The number of amides is 1. The maximum atomic E-state index is 12.6. The van der Waals surface area contributed by atoms with Crippen molar-refractivity contribution in [3.8, 4) is 0 Å². The molecule has 0 bridgehead atoms. The molecule has 3 heterocycles. The minimum absolute atomic E-state index is 0.144. The summed E-state index contributed by atoms with van der Waals surface area (Å²) in [6.45, 7) is 1.12. The van der Waals surface area contributed by atoms with Crippen molar-refractivity contribution in [1.82, 2.24) is 19.9 Å². The van der Waals surface area contributed by atoms with Gasteiger partial charge in [0.2, 0.25) is 11.5 Å². The van der Waals surface area contributed by atoms with Gasteiger partial charge in [-0.2, -0.15) is 0 Å². The molecule has 1 saturated heterocycles. The fourth-order valence-corrected chi connectivity index (χ4v) is 4.04. The quantitative estimate of drug-likeness (QED) is 0.681. The molecule has 1 aliphatic carbocycles. The first-order valence-corrected chi connectivity index (χ1v) is 8.36. The lowest BCUT2D eigenvalue weighted by Gasteiger charge is -2.39. The number of nitrogens with two attached hydrogens (primary N) is 1. The first-order valence-electron chi connectivity index (χ1n) is 8.36. The summed E-state index contributed by atoms with van der Waals surface area (Å²) in [6.07, 6.45) is 3.02. The van der Waals surface area contributed by atoms with E-state index >= 15 is 0 Å². The third kappa shape index (κ3) is 2.54. The fourth-order valence-electron chi connectivity index (χ4n) is 4.04. The minimum Gasteiger partial charge on any atom is -0.369 e. The third-order valence-electron chi connectivity index (χ3n) is 5.40. The highest BCUT2D eigenvalue weighted by Crippen LogP contribution is 2.44. The summed E-state index contributed by atoms with van der Waals surface area (Å²) in [4.78, 5) is 47.3. The Morgan fingerprint density at radius 1 is 1.16 bits per heavy atom. The average Bonchev–Trinajstić information content (AvgIpc) is 2.94. The fraction of sp³-hybridized carbons (Fsp3) is 0.412. The van der Waals surface area contributed by atoms with Crippen LogP contribution >= 0.6 is 0 Å². The van der Waals surface area contributed by atoms with Crippen LogP contribution < -0.4 is 16.9 Å². The maximum Gasteiger partial charge on any atom is 0.270 e. The lowest BCUT2D eigenvalue weighted by Crippen LogP contribution is -2.45. The van der Waals surface area contributed by atoms with Crippen LogP contribution in [-0.2, 0) is 11.8 Å². The second-order valence-electron chi connectivity index (χ2n) is 6.78. The number of fused-ring (bicyclic) bond motifs is 2. The molecule has 1 aliphatic heterocycles. The minimum atomic E-state index is -0.289. The smallest absolute Gasteiger partial charge is 0.270 e. The molecule has 4 rings (SSSR count). The molecule has 1 fully saturated rings. The number of rotatable bonds is 1. The van der Waals surface area contributed by atoms with Crippen molar-refractivity contribution in [2.75, 3.05) is 18.8 Å². The van der Waals surface area contributed by atoms with E-state index in [1.165, 1.54) is 6.07 Å². The number of hydrogen-bond acceptors (Lipinski definition) is 5. The molecule has 0 atom stereocenters. The van der Waals surface area contributed by atoms with E-state index in [2.05, 4.69) is 15.0 Å². The summed E-state index contributed by atoms with van der Waals surface area (Å²) in [5, 5.41) is 0. The average molecular weight is 341 g/mol. The van der Waals surface area contributed by atoms with Gasteiger partial charge in [0.05, 0.1) is 5.69 Å². The van der Waals surface area contributed by atoms with Crippen molar-refractivity contribution < 1.29 is 4.79 Å². The molecule has 2 aliphatic rings. The number of carbonyl (C=O) groups is 1. The van der Waals surface area contributed by atoms with E-state index in [-0.39, 0.29) is 28.4 Å². The van der Waals surface area contributed by atoms with Crippen molar-refractivity contribution in [3.63, 3.8) is 0 Å². The van der Waals surface area contributed by atoms with E-state index in [4.69, 9.17) is 5.73 Å². The third-order valence-corrected chi connectivity index (χ3v) is 5.40. The molecule has 130 valence electrons. The van der Waals surface area contributed by atoms with E-state index in [0.717, 1.165) is 30.5 Å². The molecule has 0 unspecified atom stereocenters. The van der Waals surface area contributed by atoms with Crippen molar-refractivity contribution in [2.45, 2.75) is 31.1 Å². The molecule has 0 aromatic carbocycles. The van der Waals surface area contributed by atoms with Gasteiger partial charge in [-0.1, -0.05) is 6.07 Å². The molecule has 4 N–H and O–H groups in total. The molecular formula is C17H19N5O3. The zero-order valence-electron chi connectivity index (χ0n) is 13.7. The normalized spacial score (nSPS) is 18.3. The van der Waals surface area contributed by atoms with E-state index in [0.29, 0.717) is 25.2 Å². The second-order valence-corrected chi connectivity index (χ2v) is 6.78. The number of H-pyrrole nitrogens is 2. The molecule has 8 nitrogen and oxygen atoms in total. The van der Waals surface area contributed by atoms with Crippen molar-refractivity contribution in [2.24, 2.45) is 0 Å². The van der Waals surface area contributed by atoms with Gasteiger partial charge in [-0.25, -0.2) is 4.98 Å². The Balaban J connectivity index is 1.56. The molecule has 0 radical (unpaired) electrons. The number of nitrogens with zero attached hydrogens (tertiary/aromatic N) is 2. The highest BCUT2D eigenvalue weighted by molar-refractivity contribution is 5.92. The molecule has 1 amide bonds. The Morgan fingerprint density at radius 3 is 2.64 bits per heavy atom. The summed E-state index contributed by atoms with van der Waals surface area (Å²) in [5.74, 6) is -0.0328. The standard InChI is InChI=1S/C17H19N5O3/c18-16-20-13-10(14(24)21-16)4-5-17(13)6-8-22(9-7-17)15(25)11-2-1-3-12(23)19-11/h1-3H,4-9H2,(H,19,23)(H3,18,20,21,24). The van der Waals surface area contributed by atoms with Gasteiger partial charge in [0.15, 0.2) is 0 Å². The zero-order chi connectivity index (χ0) is 17.6. The first-order chi connectivity index (χ1) is 12.0. The monoisotopic (exact) mass is 341 g/mol. The Labute approximate surface area is 143 Å². The Kier molecular flexibility index (Phi) is 3.48. The van der Waals surface area contributed by atoms with E-state index < -0.39 is 0 Å². The van der Waals surface area contributed by atoms with Gasteiger partial charge in [0.1, 0.15) is 5.69 Å². The molecule has 0 saturated carbocycles. The number of aromatic amines is 2. The number of nitrogen functional groups attached to an aromatic ring is 1. The van der Waals surface area contributed by atoms with Crippen LogP contribution in [0.15, 0.2) is 27.8 Å². The molecule has 25 heavy (non-hydrogen) atoms. The number of hydrogen-bond donors (Lipinski definition) is 3. The predicted octanol–water partition coefficient (Wildman–Crippen LogP) is 0.161. The SMILES string of the molecule is Nc1nc2c(c(=O)[nH]1)CCC21CCN(C(=O)c2cccc(=O)[nH]2)CC1. The maximum absolute atomic E-state index is 12.6. The molecule has 2 aromatic heterocycles. The summed E-state index contributed by atoms with van der Waals surface area (Å²) in [5.41, 5.74) is 6.92. The number of likely N-dealkylation sites (tertiary alicyclic amines) is 1. The van der Waals surface area contributed by atoms with Crippen LogP contribution in [0.1, 0.15) is 41.0 Å². The van der Waals surface area contributed by atoms with Crippen LogP contribution in [0.3, 0.4) is 0 Å². The van der Waals surface area contributed by atoms with Crippen LogP contribution in [0.4, 0.5) is 5.95 Å². The van der Waals surface area contributed by atoms with Gasteiger partial charge >= 0.3 is 0 Å². The first kappa shape index (κ1) is 15.6. The number of anilines is 1. The molecule has 2 aromatic rings. The van der Waals surface area contributed by atoms with Crippen LogP contribution in [-0.4, -0.2) is 38.8 Å². The highest BCUT2D eigenvalue weighted by atomic mass is 16.2. The molecule has 8 heteroatoms. The summed E-state index contributed by atoms with van der Waals surface area (Å²) in [7, 11) is 0. The van der Waals surface area contributed by atoms with Crippen LogP contribution in [0, 0.1) is 0 Å². The van der Waals surface area contributed by atoms with E-state index in [1.54, 1.807) is 17.0 Å². The van der Waals surface area contributed by atoms with E-state index in [9.17, 15) is 14.4 Å². The molecular weight excluding hydrogens is 322 g/mol. The van der Waals surface area contributed by atoms with Crippen LogP contribution in [0.2, 0.25) is 0 Å². The van der Waals surface area contributed by atoms with Gasteiger partial charge < -0.3 is 15.6 Å². The number of aromatic nitrogens is 3. The summed E-state index contributed by atoms with van der Waals surface area (Å²) >= 11 is 0. The van der Waals surface area contributed by atoms with Crippen LogP contribution in [0.25, 0.3) is 0 Å². The lowest BCUT2D eigenvalue weighted by molar-refractivity contribution is 0.0657. The predicted molar refractivity (Wildman–Crippen MR) is 91.5 cm³/mol. The summed E-state index contributed by atoms with van der Waals surface area (Å²) in [6, 6.07) is 4.56. The van der Waals surface area contributed by atoms with Crippen molar-refractivity contribution >= 4 is 11.9 Å². The van der Waals surface area contributed by atoms with Gasteiger partial charge in [0.25, 0.3) is 11.5 Å². The van der Waals surface area contributed by atoms with Crippen molar-refractivity contribution in [1.29, 1.82) is 0 Å². The Morgan fingerprint density at radius 2 is 1.92 bits per heavy atom. The van der Waals surface area contributed by atoms with Crippen molar-refractivity contribution in [3.05, 3.63) is 55.9 Å². The number of piperidine rings is 1. The number of carbonyl (C=O) groups excluding carboxylic acids is 1. The van der Waals surface area contributed by atoms with Crippen LogP contribution in [0.5, 0.6) is 0 Å². The summed E-state index contributed by atoms with van der Waals surface area (Å²) < 4.78 is 0.